The fraction of sp³-hybridized carbons (Fsp3) is 0. The summed E-state index contributed by atoms with van der Waals surface area (Å²) in [7, 11) is 0. The Balaban J connectivity index is 2.87. The molecule has 0 aliphatic carbocycles. The van der Waals surface area contributed by atoms with Crippen molar-refractivity contribution >= 4 is 43.3 Å². The van der Waals surface area contributed by atoms with Crippen LogP contribution in [-0.2, 0) is 0 Å². The molecule has 2 N–H and O–H groups in total. The lowest BCUT2D eigenvalue weighted by atomic mass is 10.5. The van der Waals surface area contributed by atoms with Gasteiger partial charge in [0, 0.05) is 15.1 Å². The number of hydrogen-bond acceptors (Lipinski definition) is 2. The van der Waals surface area contributed by atoms with Gasteiger partial charge in [0.15, 0.2) is 0 Å². The van der Waals surface area contributed by atoms with Crippen LogP contribution >= 0.6 is 31.9 Å². The molecule has 2 heterocycles. The highest BCUT2D eigenvalue weighted by Gasteiger charge is 2.02. The summed E-state index contributed by atoms with van der Waals surface area (Å²) in [5, 5.41) is 0. The molecule has 0 aliphatic rings. The van der Waals surface area contributed by atoms with Crippen molar-refractivity contribution in [2.24, 2.45) is 0 Å². The fourth-order valence-corrected chi connectivity index (χ4v) is 1.62. The van der Waals surface area contributed by atoms with Gasteiger partial charge in [-0.05, 0) is 37.9 Å². The maximum Gasteiger partial charge on any atom is 0.139 e. The first-order chi connectivity index (χ1) is 5.68. The summed E-state index contributed by atoms with van der Waals surface area (Å²) in [5.74, 6) is 0.637. The average Bonchev–Trinajstić information content (AvgIpc) is 2.35. The molecule has 2 aromatic heterocycles. The van der Waals surface area contributed by atoms with Crippen LogP contribution in [0.25, 0.3) is 5.65 Å². The monoisotopic (exact) mass is 289 g/mol. The molecule has 0 spiro atoms. The number of nitrogens with two attached hydrogens (primary N) is 1. The Labute approximate surface area is 85.8 Å². The van der Waals surface area contributed by atoms with Crippen molar-refractivity contribution < 1.29 is 0 Å². The molecule has 0 atom stereocenters. The van der Waals surface area contributed by atoms with E-state index in [1.807, 2.05) is 16.7 Å². The molecule has 2 aromatic rings. The van der Waals surface area contributed by atoms with E-state index in [-0.39, 0.29) is 0 Å². The zero-order valence-corrected chi connectivity index (χ0v) is 9.13. The maximum absolute atomic E-state index is 5.66. The van der Waals surface area contributed by atoms with Crippen LogP contribution in [0.1, 0.15) is 0 Å². The smallest absolute Gasteiger partial charge is 0.139 e. The van der Waals surface area contributed by atoms with Crippen LogP contribution in [0.15, 0.2) is 27.4 Å². The largest absolute Gasteiger partial charge is 0.383 e. The van der Waals surface area contributed by atoms with Crippen molar-refractivity contribution in [2.75, 3.05) is 5.73 Å². The number of rotatable bonds is 0. The Kier molecular flexibility index (Phi) is 1.84. The molecule has 0 radical (unpaired) electrons. The van der Waals surface area contributed by atoms with E-state index < -0.39 is 0 Å². The molecule has 62 valence electrons. The number of fused-ring (bicyclic) bond motifs is 1. The topological polar surface area (TPSA) is 43.3 Å². The minimum Gasteiger partial charge on any atom is -0.383 e. The lowest BCUT2D eigenvalue weighted by molar-refractivity contribution is 1.18. The van der Waals surface area contributed by atoms with E-state index in [1.165, 1.54) is 0 Å². The second-order valence-corrected chi connectivity index (χ2v) is 4.09. The normalized spacial score (nSPS) is 10.8. The fourth-order valence-electron chi connectivity index (χ4n) is 0.994. The molecule has 0 bridgehead atoms. The SMILES string of the molecule is Nc1cnc2cc(Br)c(Br)cn12. The van der Waals surface area contributed by atoms with Crippen molar-refractivity contribution in [3.05, 3.63) is 27.4 Å². The molecule has 12 heavy (non-hydrogen) atoms. The minimum absolute atomic E-state index is 0.637. The Hall–Kier alpha value is -0.550. The van der Waals surface area contributed by atoms with Crippen LogP contribution in [-0.4, -0.2) is 9.38 Å². The van der Waals surface area contributed by atoms with Gasteiger partial charge in [0.2, 0.25) is 0 Å². The van der Waals surface area contributed by atoms with Crippen molar-refractivity contribution in [3.63, 3.8) is 0 Å². The van der Waals surface area contributed by atoms with E-state index in [0.717, 1.165) is 14.6 Å². The van der Waals surface area contributed by atoms with Crippen molar-refractivity contribution in [3.8, 4) is 0 Å². The maximum atomic E-state index is 5.66. The van der Waals surface area contributed by atoms with Gasteiger partial charge < -0.3 is 5.73 Å². The third-order valence-electron chi connectivity index (χ3n) is 1.58. The van der Waals surface area contributed by atoms with Gasteiger partial charge in [0.25, 0.3) is 0 Å². The third-order valence-corrected chi connectivity index (χ3v) is 3.40. The minimum atomic E-state index is 0.637. The summed E-state index contributed by atoms with van der Waals surface area (Å²) in [4.78, 5) is 4.11. The molecule has 0 fully saturated rings. The number of anilines is 1. The summed E-state index contributed by atoms with van der Waals surface area (Å²) in [5.41, 5.74) is 6.50. The Bertz CT molecular complexity index is 435. The Morgan fingerprint density at radius 2 is 2.08 bits per heavy atom. The number of nitrogens with zero attached hydrogens (tertiary/aromatic N) is 2. The quantitative estimate of drug-likeness (QED) is 0.810. The zero-order valence-electron chi connectivity index (χ0n) is 5.96. The lowest BCUT2D eigenvalue weighted by Crippen LogP contribution is -1.92. The standard InChI is InChI=1S/C7H5Br2N3/c8-4-1-7-11-2-6(10)12(7)3-5(4)9/h1-3H,10H2. The van der Waals surface area contributed by atoms with E-state index in [1.54, 1.807) is 6.20 Å². The van der Waals surface area contributed by atoms with Crippen LogP contribution in [0.4, 0.5) is 5.82 Å². The molecule has 2 rings (SSSR count). The van der Waals surface area contributed by atoms with E-state index in [2.05, 4.69) is 36.8 Å². The summed E-state index contributed by atoms with van der Waals surface area (Å²) in [6, 6.07) is 1.90. The second kappa shape index (κ2) is 2.74. The highest BCUT2D eigenvalue weighted by molar-refractivity contribution is 9.13. The summed E-state index contributed by atoms with van der Waals surface area (Å²) >= 11 is 6.77. The number of halogens is 2. The van der Waals surface area contributed by atoms with Crippen molar-refractivity contribution in [2.45, 2.75) is 0 Å². The summed E-state index contributed by atoms with van der Waals surface area (Å²) in [6.07, 6.45) is 3.51. The third kappa shape index (κ3) is 1.13. The van der Waals surface area contributed by atoms with E-state index in [9.17, 15) is 0 Å². The van der Waals surface area contributed by atoms with Gasteiger partial charge in [0.1, 0.15) is 11.5 Å². The molecule has 0 amide bonds. The van der Waals surface area contributed by atoms with Crippen LogP contribution < -0.4 is 5.73 Å². The number of pyridine rings is 1. The summed E-state index contributed by atoms with van der Waals surface area (Å²) in [6.45, 7) is 0. The van der Waals surface area contributed by atoms with E-state index in [0.29, 0.717) is 5.82 Å². The first-order valence-electron chi connectivity index (χ1n) is 3.26. The zero-order chi connectivity index (χ0) is 8.72. The molecule has 5 heteroatoms. The van der Waals surface area contributed by atoms with Gasteiger partial charge in [-0.25, -0.2) is 4.98 Å². The van der Waals surface area contributed by atoms with Crippen molar-refractivity contribution in [1.29, 1.82) is 0 Å². The average molecular weight is 291 g/mol. The second-order valence-electron chi connectivity index (χ2n) is 2.38. The van der Waals surface area contributed by atoms with Crippen LogP contribution in [0.5, 0.6) is 0 Å². The van der Waals surface area contributed by atoms with Gasteiger partial charge in [-0.1, -0.05) is 0 Å². The molecule has 0 aliphatic heterocycles. The number of aromatic nitrogens is 2. The number of hydrogen-bond donors (Lipinski definition) is 1. The van der Waals surface area contributed by atoms with E-state index in [4.69, 9.17) is 5.73 Å². The molecule has 0 saturated carbocycles. The van der Waals surface area contributed by atoms with Crippen LogP contribution in [0, 0.1) is 0 Å². The van der Waals surface area contributed by atoms with Crippen molar-refractivity contribution in [1.82, 2.24) is 9.38 Å². The highest BCUT2D eigenvalue weighted by Crippen LogP contribution is 2.24. The molecular weight excluding hydrogens is 286 g/mol. The van der Waals surface area contributed by atoms with Gasteiger partial charge in [-0.2, -0.15) is 0 Å². The number of imidazole rings is 1. The Morgan fingerprint density at radius 3 is 2.83 bits per heavy atom. The molecule has 0 aromatic carbocycles. The number of nitrogen functional groups attached to an aromatic ring is 1. The molecule has 3 nitrogen and oxygen atoms in total. The van der Waals surface area contributed by atoms with Gasteiger partial charge >= 0.3 is 0 Å². The molecule has 0 unspecified atom stereocenters. The molecular formula is C7H5Br2N3. The van der Waals surface area contributed by atoms with Crippen LogP contribution in [0.2, 0.25) is 0 Å². The highest BCUT2D eigenvalue weighted by atomic mass is 79.9. The predicted octanol–water partition coefficient (Wildman–Crippen LogP) is 2.44. The van der Waals surface area contributed by atoms with Gasteiger partial charge in [-0.3, -0.25) is 4.40 Å². The van der Waals surface area contributed by atoms with Gasteiger partial charge in [0.05, 0.1) is 6.20 Å². The Morgan fingerprint density at radius 1 is 1.33 bits per heavy atom. The lowest BCUT2D eigenvalue weighted by Gasteiger charge is -1.99. The first-order valence-corrected chi connectivity index (χ1v) is 4.84. The predicted molar refractivity (Wildman–Crippen MR) is 55.0 cm³/mol. The van der Waals surface area contributed by atoms with E-state index >= 15 is 0 Å². The first kappa shape index (κ1) is 8.07. The summed E-state index contributed by atoms with van der Waals surface area (Å²) < 4.78 is 3.75. The van der Waals surface area contributed by atoms with Crippen LogP contribution in [0.3, 0.4) is 0 Å². The molecule has 0 saturated heterocycles. The van der Waals surface area contributed by atoms with Gasteiger partial charge in [-0.15, -0.1) is 0 Å².